The van der Waals surface area contributed by atoms with Crippen molar-refractivity contribution in [1.82, 2.24) is 4.31 Å². The van der Waals surface area contributed by atoms with Gasteiger partial charge in [0.2, 0.25) is 10.0 Å². The van der Waals surface area contributed by atoms with Crippen LogP contribution in [0.15, 0.2) is 0 Å². The Hall–Kier alpha value is -0.620. The highest BCUT2D eigenvalue weighted by Crippen LogP contribution is 2.36. The third kappa shape index (κ3) is 2.65. The summed E-state index contributed by atoms with van der Waals surface area (Å²) in [6.07, 6.45) is 1.97. The SMILES string of the molecule is COC(=O)C1CCCC1S(=O)(=O)N1CC(C)C(C)C1. The minimum absolute atomic E-state index is 0.382. The van der Waals surface area contributed by atoms with Gasteiger partial charge in [-0.25, -0.2) is 12.7 Å². The van der Waals surface area contributed by atoms with Gasteiger partial charge < -0.3 is 4.74 Å². The molecular formula is C13H23NO4S. The lowest BCUT2D eigenvalue weighted by Crippen LogP contribution is -2.41. The molecule has 1 saturated heterocycles. The molecule has 0 N–H and O–H groups in total. The summed E-state index contributed by atoms with van der Waals surface area (Å²) in [5.74, 6) is -0.104. The number of esters is 1. The molecule has 1 aliphatic carbocycles. The van der Waals surface area contributed by atoms with Crippen molar-refractivity contribution >= 4 is 16.0 Å². The molecule has 4 unspecified atom stereocenters. The molecular weight excluding hydrogens is 266 g/mol. The van der Waals surface area contributed by atoms with Crippen LogP contribution >= 0.6 is 0 Å². The van der Waals surface area contributed by atoms with Crippen LogP contribution in [0.5, 0.6) is 0 Å². The highest BCUT2D eigenvalue weighted by Gasteiger charge is 2.46. The van der Waals surface area contributed by atoms with Crippen LogP contribution in [-0.4, -0.2) is 44.1 Å². The topological polar surface area (TPSA) is 63.7 Å². The molecule has 2 rings (SSSR count). The fraction of sp³-hybridized carbons (Fsp3) is 0.923. The summed E-state index contributed by atoms with van der Waals surface area (Å²) in [5, 5.41) is -0.586. The second kappa shape index (κ2) is 5.40. The maximum Gasteiger partial charge on any atom is 0.310 e. The predicted molar refractivity (Wildman–Crippen MR) is 72.0 cm³/mol. The van der Waals surface area contributed by atoms with Crippen LogP contribution < -0.4 is 0 Å². The summed E-state index contributed by atoms with van der Waals surface area (Å²) in [7, 11) is -2.05. The molecule has 0 spiro atoms. The monoisotopic (exact) mass is 289 g/mol. The lowest BCUT2D eigenvalue weighted by molar-refractivity contribution is -0.145. The summed E-state index contributed by atoms with van der Waals surface area (Å²) in [4.78, 5) is 11.7. The van der Waals surface area contributed by atoms with E-state index in [-0.39, 0.29) is 5.97 Å². The molecule has 6 heteroatoms. The minimum atomic E-state index is -3.38. The van der Waals surface area contributed by atoms with Crippen LogP contribution in [0.3, 0.4) is 0 Å². The second-order valence-corrected chi connectivity index (χ2v) is 8.07. The van der Waals surface area contributed by atoms with Crippen molar-refractivity contribution in [2.24, 2.45) is 17.8 Å². The van der Waals surface area contributed by atoms with E-state index in [9.17, 15) is 13.2 Å². The largest absolute Gasteiger partial charge is 0.469 e. The number of rotatable bonds is 3. The first-order valence-corrected chi connectivity index (χ1v) is 8.45. The summed E-state index contributed by atoms with van der Waals surface area (Å²) < 4.78 is 31.7. The number of sulfonamides is 1. The van der Waals surface area contributed by atoms with Crippen LogP contribution in [0, 0.1) is 17.8 Å². The number of carbonyl (C=O) groups excluding carboxylic acids is 1. The Bertz CT molecular complexity index is 438. The van der Waals surface area contributed by atoms with Crippen molar-refractivity contribution in [3.63, 3.8) is 0 Å². The van der Waals surface area contributed by atoms with Gasteiger partial charge in [0.05, 0.1) is 18.3 Å². The van der Waals surface area contributed by atoms with Crippen molar-refractivity contribution in [2.75, 3.05) is 20.2 Å². The van der Waals surface area contributed by atoms with E-state index < -0.39 is 21.2 Å². The minimum Gasteiger partial charge on any atom is -0.469 e. The zero-order valence-corrected chi connectivity index (χ0v) is 12.6. The highest BCUT2D eigenvalue weighted by atomic mass is 32.2. The van der Waals surface area contributed by atoms with Crippen molar-refractivity contribution in [2.45, 2.75) is 38.4 Å². The normalized spacial score (nSPS) is 36.6. The smallest absolute Gasteiger partial charge is 0.310 e. The van der Waals surface area contributed by atoms with E-state index in [1.807, 2.05) is 0 Å². The maximum atomic E-state index is 12.7. The standard InChI is InChI=1S/C13H23NO4S/c1-9-7-14(8-10(9)2)19(16,17)12-6-4-5-11(12)13(15)18-3/h9-12H,4-8H2,1-3H3. The second-order valence-electron chi connectivity index (χ2n) is 5.92. The summed E-state index contributed by atoms with van der Waals surface area (Å²) in [6, 6.07) is 0. The van der Waals surface area contributed by atoms with Crippen LogP contribution in [0.1, 0.15) is 33.1 Å². The average Bonchev–Trinajstić information content (AvgIpc) is 2.97. The van der Waals surface area contributed by atoms with Crippen LogP contribution in [0.25, 0.3) is 0 Å². The lowest BCUT2D eigenvalue weighted by atomic mass is 10.0. The van der Waals surface area contributed by atoms with Gasteiger partial charge in [0, 0.05) is 13.1 Å². The van der Waals surface area contributed by atoms with E-state index >= 15 is 0 Å². The molecule has 0 amide bonds. The zero-order valence-electron chi connectivity index (χ0n) is 11.8. The molecule has 2 fully saturated rings. The zero-order chi connectivity index (χ0) is 14.2. The Labute approximate surface area is 115 Å². The van der Waals surface area contributed by atoms with Gasteiger partial charge in [-0.3, -0.25) is 4.79 Å². The highest BCUT2D eigenvalue weighted by molar-refractivity contribution is 7.89. The molecule has 110 valence electrons. The predicted octanol–water partition coefficient (Wildman–Crippen LogP) is 1.25. The molecule has 2 aliphatic rings. The molecule has 1 aliphatic heterocycles. The van der Waals surface area contributed by atoms with E-state index in [1.165, 1.54) is 7.11 Å². The van der Waals surface area contributed by atoms with Crippen molar-refractivity contribution in [1.29, 1.82) is 0 Å². The summed E-state index contributed by atoms with van der Waals surface area (Å²) >= 11 is 0. The van der Waals surface area contributed by atoms with Gasteiger partial charge >= 0.3 is 5.97 Å². The van der Waals surface area contributed by atoms with E-state index in [1.54, 1.807) is 4.31 Å². The van der Waals surface area contributed by atoms with E-state index in [4.69, 9.17) is 4.74 Å². The summed E-state index contributed by atoms with van der Waals surface area (Å²) in [6.45, 7) is 5.31. The van der Waals surface area contributed by atoms with Gasteiger partial charge in [0.15, 0.2) is 0 Å². The fourth-order valence-electron chi connectivity index (χ4n) is 3.18. The Morgan fingerprint density at radius 2 is 1.74 bits per heavy atom. The average molecular weight is 289 g/mol. The number of methoxy groups -OCH3 is 1. The maximum absolute atomic E-state index is 12.7. The van der Waals surface area contributed by atoms with Crippen LogP contribution in [-0.2, 0) is 19.6 Å². The van der Waals surface area contributed by atoms with Gasteiger partial charge in [-0.15, -0.1) is 0 Å². The molecule has 19 heavy (non-hydrogen) atoms. The van der Waals surface area contributed by atoms with Gasteiger partial charge in [-0.1, -0.05) is 20.3 Å². The van der Waals surface area contributed by atoms with Crippen molar-refractivity contribution in [3.05, 3.63) is 0 Å². The first-order valence-electron chi connectivity index (χ1n) is 6.94. The Morgan fingerprint density at radius 1 is 1.16 bits per heavy atom. The number of nitrogens with zero attached hydrogens (tertiary/aromatic N) is 1. The number of hydrogen-bond acceptors (Lipinski definition) is 4. The Morgan fingerprint density at radius 3 is 2.26 bits per heavy atom. The van der Waals surface area contributed by atoms with Gasteiger partial charge in [-0.2, -0.15) is 0 Å². The number of ether oxygens (including phenoxy) is 1. The third-order valence-electron chi connectivity index (χ3n) is 4.65. The van der Waals surface area contributed by atoms with Crippen molar-refractivity contribution in [3.8, 4) is 0 Å². The summed E-state index contributed by atoms with van der Waals surface area (Å²) in [5.41, 5.74) is 0. The molecule has 0 bridgehead atoms. The molecule has 4 atom stereocenters. The van der Waals surface area contributed by atoms with E-state index in [0.29, 0.717) is 37.8 Å². The molecule has 0 aromatic rings. The van der Waals surface area contributed by atoms with E-state index in [0.717, 1.165) is 6.42 Å². The van der Waals surface area contributed by atoms with Crippen LogP contribution in [0.4, 0.5) is 0 Å². The Kier molecular flexibility index (Phi) is 4.20. The van der Waals surface area contributed by atoms with Crippen LogP contribution in [0.2, 0.25) is 0 Å². The lowest BCUT2D eigenvalue weighted by Gasteiger charge is -2.24. The fourth-order valence-corrected chi connectivity index (χ4v) is 5.58. The Balaban J connectivity index is 2.18. The molecule has 5 nitrogen and oxygen atoms in total. The quantitative estimate of drug-likeness (QED) is 0.733. The molecule has 0 aromatic heterocycles. The number of carbonyl (C=O) groups is 1. The molecule has 1 saturated carbocycles. The van der Waals surface area contributed by atoms with Gasteiger partial charge in [0.1, 0.15) is 0 Å². The third-order valence-corrected chi connectivity index (χ3v) is 7.00. The molecule has 1 heterocycles. The first-order chi connectivity index (χ1) is 8.87. The molecule has 0 aromatic carbocycles. The van der Waals surface area contributed by atoms with Crippen molar-refractivity contribution < 1.29 is 17.9 Å². The number of hydrogen-bond donors (Lipinski definition) is 0. The van der Waals surface area contributed by atoms with Gasteiger partial charge in [-0.05, 0) is 24.7 Å². The molecule has 0 radical (unpaired) electrons. The van der Waals surface area contributed by atoms with Gasteiger partial charge in [0.25, 0.3) is 0 Å². The van der Waals surface area contributed by atoms with E-state index in [2.05, 4.69) is 13.8 Å². The first kappa shape index (κ1) is 14.8.